The van der Waals surface area contributed by atoms with E-state index >= 15 is 0 Å². The van der Waals surface area contributed by atoms with Crippen LogP contribution in [0.1, 0.15) is 55.0 Å². The van der Waals surface area contributed by atoms with Gasteiger partial charge in [0.15, 0.2) is 17.5 Å². The molecule has 8 rings (SSSR count). The van der Waals surface area contributed by atoms with Crippen LogP contribution in [0.3, 0.4) is 0 Å². The molecule has 4 aromatic carbocycles. The standard InChI is InChI=1S/C41H33N3O/c1-5-30-25(2)45-36-20-12-18-31(37(30)36)27-15-11-16-28(23-27)39-42-38(26-13-7-6-8-14-26)43-40(44-39)29-21-22-35-33(24-29)32-17-9-10-19-34(32)41(35,3)4/h5-20,23-24H,1,21-22H2,2-4H3. The molecule has 2 aliphatic rings. The zero-order valence-electron chi connectivity index (χ0n) is 25.8. The normalized spacial score (nSPS) is 15.1. The number of allylic oxidation sites excluding steroid dienone is 4. The lowest BCUT2D eigenvalue weighted by Gasteiger charge is -2.26. The lowest BCUT2D eigenvalue weighted by atomic mass is 9.77. The average Bonchev–Trinajstić information content (AvgIpc) is 3.54. The maximum absolute atomic E-state index is 6.07. The van der Waals surface area contributed by atoms with Gasteiger partial charge in [0, 0.05) is 27.5 Å². The van der Waals surface area contributed by atoms with Gasteiger partial charge in [-0.2, -0.15) is 0 Å². The highest BCUT2D eigenvalue weighted by atomic mass is 16.3. The molecule has 6 aromatic rings. The molecule has 2 heterocycles. The molecule has 0 N–H and O–H groups in total. The van der Waals surface area contributed by atoms with Crippen LogP contribution in [0, 0.1) is 6.92 Å². The van der Waals surface area contributed by atoms with Gasteiger partial charge in [0.2, 0.25) is 0 Å². The number of hydrogen-bond acceptors (Lipinski definition) is 4. The predicted molar refractivity (Wildman–Crippen MR) is 184 cm³/mol. The topological polar surface area (TPSA) is 51.8 Å². The van der Waals surface area contributed by atoms with Crippen molar-refractivity contribution in [1.29, 1.82) is 0 Å². The molecule has 0 amide bonds. The SMILES string of the molecule is C=Cc1c(C)oc2cccc(-c3cccc(-c4nc(C5=CC6=C(CC5)C(C)(C)c5ccccc56)nc(-c5ccccc5)n4)c3)c12. The number of fused-ring (bicyclic) bond motifs is 3. The summed E-state index contributed by atoms with van der Waals surface area (Å²) in [7, 11) is 0. The fraction of sp³-hybridized carbons (Fsp3) is 0.146. The molecule has 4 nitrogen and oxygen atoms in total. The summed E-state index contributed by atoms with van der Waals surface area (Å²) in [5, 5.41) is 1.07. The van der Waals surface area contributed by atoms with E-state index in [0.717, 1.165) is 68.8 Å². The van der Waals surface area contributed by atoms with Crippen molar-refractivity contribution in [2.75, 3.05) is 0 Å². The molecule has 4 heteroatoms. The first-order valence-corrected chi connectivity index (χ1v) is 15.5. The van der Waals surface area contributed by atoms with Crippen LogP contribution in [0.15, 0.2) is 120 Å². The van der Waals surface area contributed by atoms with Gasteiger partial charge in [0.25, 0.3) is 0 Å². The van der Waals surface area contributed by atoms with Crippen molar-refractivity contribution in [2.45, 2.75) is 39.0 Å². The molecule has 2 aromatic heterocycles. The van der Waals surface area contributed by atoms with Crippen LogP contribution in [0.2, 0.25) is 0 Å². The minimum absolute atomic E-state index is 0.0235. The van der Waals surface area contributed by atoms with Crippen LogP contribution in [-0.4, -0.2) is 15.0 Å². The van der Waals surface area contributed by atoms with Gasteiger partial charge in [-0.3, -0.25) is 0 Å². The second kappa shape index (κ2) is 10.4. The zero-order valence-corrected chi connectivity index (χ0v) is 25.8. The Morgan fingerprint density at radius 2 is 1.38 bits per heavy atom. The number of rotatable bonds is 5. The lowest BCUT2D eigenvalue weighted by Crippen LogP contribution is -2.18. The summed E-state index contributed by atoms with van der Waals surface area (Å²) in [6.07, 6.45) is 6.08. The van der Waals surface area contributed by atoms with E-state index in [0.29, 0.717) is 11.6 Å². The van der Waals surface area contributed by atoms with Crippen LogP contribution in [0.5, 0.6) is 0 Å². The Morgan fingerprint density at radius 1 is 0.711 bits per heavy atom. The number of aromatic nitrogens is 3. The number of hydrogen-bond donors (Lipinski definition) is 0. The number of benzene rings is 4. The molecule has 0 atom stereocenters. The molecule has 45 heavy (non-hydrogen) atoms. The number of aryl methyl sites for hydroxylation is 1. The maximum atomic E-state index is 6.07. The molecule has 0 unspecified atom stereocenters. The molecular weight excluding hydrogens is 550 g/mol. The highest BCUT2D eigenvalue weighted by Crippen LogP contribution is 2.51. The van der Waals surface area contributed by atoms with E-state index in [1.54, 1.807) is 0 Å². The maximum Gasteiger partial charge on any atom is 0.164 e. The van der Waals surface area contributed by atoms with Crippen molar-refractivity contribution in [3.05, 3.63) is 144 Å². The summed E-state index contributed by atoms with van der Waals surface area (Å²) in [5.41, 5.74) is 12.7. The van der Waals surface area contributed by atoms with E-state index in [9.17, 15) is 0 Å². The van der Waals surface area contributed by atoms with Crippen LogP contribution in [0.25, 0.3) is 62.1 Å². The monoisotopic (exact) mass is 583 g/mol. The van der Waals surface area contributed by atoms with Crippen LogP contribution >= 0.6 is 0 Å². The molecule has 0 spiro atoms. The van der Waals surface area contributed by atoms with Crippen molar-refractivity contribution >= 4 is 28.2 Å². The van der Waals surface area contributed by atoms with E-state index in [-0.39, 0.29) is 5.41 Å². The van der Waals surface area contributed by atoms with Crippen LogP contribution < -0.4 is 0 Å². The Morgan fingerprint density at radius 3 is 2.20 bits per heavy atom. The third-order valence-corrected chi connectivity index (χ3v) is 9.46. The molecule has 0 saturated carbocycles. The summed E-state index contributed by atoms with van der Waals surface area (Å²) in [6.45, 7) is 10.7. The molecule has 0 saturated heterocycles. The van der Waals surface area contributed by atoms with Gasteiger partial charge in [-0.25, -0.2) is 15.0 Å². The van der Waals surface area contributed by atoms with E-state index in [2.05, 4.69) is 93.2 Å². The van der Waals surface area contributed by atoms with Crippen molar-refractivity contribution in [1.82, 2.24) is 15.0 Å². The van der Waals surface area contributed by atoms with Gasteiger partial charge in [0.1, 0.15) is 11.3 Å². The Bertz CT molecular complexity index is 2220. The fourth-order valence-electron chi connectivity index (χ4n) is 7.19. The smallest absolute Gasteiger partial charge is 0.164 e. The van der Waals surface area contributed by atoms with Crippen LogP contribution in [-0.2, 0) is 5.41 Å². The Kier molecular flexibility index (Phi) is 6.28. The summed E-state index contributed by atoms with van der Waals surface area (Å²) in [6, 6.07) is 33.6. The van der Waals surface area contributed by atoms with Gasteiger partial charge in [-0.15, -0.1) is 0 Å². The zero-order chi connectivity index (χ0) is 30.7. The molecular formula is C41H33N3O. The van der Waals surface area contributed by atoms with Gasteiger partial charge in [-0.05, 0) is 71.4 Å². The number of furan rings is 1. The minimum atomic E-state index is 0.0235. The summed E-state index contributed by atoms with van der Waals surface area (Å²) in [4.78, 5) is 15.2. The second-order valence-electron chi connectivity index (χ2n) is 12.4. The summed E-state index contributed by atoms with van der Waals surface area (Å²) >= 11 is 0. The molecule has 0 aliphatic heterocycles. The van der Waals surface area contributed by atoms with E-state index in [1.807, 2.05) is 43.3 Å². The highest BCUT2D eigenvalue weighted by molar-refractivity contribution is 6.01. The van der Waals surface area contributed by atoms with E-state index in [1.165, 1.54) is 22.3 Å². The summed E-state index contributed by atoms with van der Waals surface area (Å²) < 4.78 is 6.07. The number of nitrogens with zero attached hydrogens (tertiary/aromatic N) is 3. The van der Waals surface area contributed by atoms with Crippen molar-refractivity contribution < 1.29 is 4.42 Å². The van der Waals surface area contributed by atoms with Gasteiger partial charge in [-0.1, -0.05) is 117 Å². The fourth-order valence-corrected chi connectivity index (χ4v) is 7.19. The third-order valence-electron chi connectivity index (χ3n) is 9.46. The van der Waals surface area contributed by atoms with Crippen LogP contribution in [0.4, 0.5) is 0 Å². The Labute approximate surface area is 263 Å². The second-order valence-corrected chi connectivity index (χ2v) is 12.4. The van der Waals surface area contributed by atoms with Gasteiger partial charge >= 0.3 is 0 Å². The van der Waals surface area contributed by atoms with E-state index < -0.39 is 0 Å². The average molecular weight is 584 g/mol. The highest BCUT2D eigenvalue weighted by Gasteiger charge is 2.38. The molecule has 2 aliphatic carbocycles. The first kappa shape index (κ1) is 27.2. The van der Waals surface area contributed by atoms with Crippen molar-refractivity contribution in [2.24, 2.45) is 0 Å². The molecule has 0 fully saturated rings. The van der Waals surface area contributed by atoms with E-state index in [4.69, 9.17) is 19.4 Å². The predicted octanol–water partition coefficient (Wildman–Crippen LogP) is 10.5. The lowest BCUT2D eigenvalue weighted by molar-refractivity contribution is 0.577. The van der Waals surface area contributed by atoms with Crippen molar-refractivity contribution in [3.8, 4) is 33.9 Å². The third kappa shape index (κ3) is 4.40. The largest absolute Gasteiger partial charge is 0.461 e. The summed E-state index contributed by atoms with van der Waals surface area (Å²) in [5.74, 6) is 2.94. The Balaban J connectivity index is 1.28. The first-order chi connectivity index (χ1) is 21.9. The quantitative estimate of drug-likeness (QED) is 0.203. The van der Waals surface area contributed by atoms with Gasteiger partial charge < -0.3 is 4.42 Å². The molecule has 218 valence electrons. The Hall–Kier alpha value is -5.35. The van der Waals surface area contributed by atoms with Crippen molar-refractivity contribution in [3.63, 3.8) is 0 Å². The first-order valence-electron chi connectivity index (χ1n) is 15.5. The molecule has 0 radical (unpaired) electrons. The van der Waals surface area contributed by atoms with Gasteiger partial charge in [0.05, 0.1) is 0 Å². The minimum Gasteiger partial charge on any atom is -0.461 e. The molecule has 0 bridgehead atoms.